The summed E-state index contributed by atoms with van der Waals surface area (Å²) in [6.07, 6.45) is 2.40. The summed E-state index contributed by atoms with van der Waals surface area (Å²) in [4.78, 5) is 26.7. The number of rotatable bonds is 7. The molecule has 1 aromatic rings. The summed E-state index contributed by atoms with van der Waals surface area (Å²) in [5, 5.41) is 14.3. The average molecular weight is 293 g/mol. The van der Waals surface area contributed by atoms with Crippen molar-refractivity contribution in [2.45, 2.75) is 33.6 Å². The molecule has 6 nitrogen and oxygen atoms in total. The molecule has 6 heteroatoms. The van der Waals surface area contributed by atoms with Crippen molar-refractivity contribution in [2.24, 2.45) is 11.8 Å². The zero-order valence-electron chi connectivity index (χ0n) is 12.7. The fourth-order valence-electron chi connectivity index (χ4n) is 2.11. The van der Waals surface area contributed by atoms with E-state index >= 15 is 0 Å². The molecule has 0 aliphatic heterocycles. The maximum Gasteiger partial charge on any atom is 0.319 e. The van der Waals surface area contributed by atoms with Gasteiger partial charge in [0.25, 0.3) is 0 Å². The molecule has 1 heterocycles. The maximum absolute atomic E-state index is 11.8. The van der Waals surface area contributed by atoms with Crippen molar-refractivity contribution in [1.29, 1.82) is 0 Å². The third-order valence-corrected chi connectivity index (χ3v) is 2.99. The fourth-order valence-corrected chi connectivity index (χ4v) is 2.11. The molecule has 1 aromatic heterocycles. The van der Waals surface area contributed by atoms with Gasteiger partial charge in [-0.25, -0.2) is 4.79 Å². The zero-order valence-corrected chi connectivity index (χ0v) is 12.7. The smallest absolute Gasteiger partial charge is 0.319 e. The monoisotopic (exact) mass is 293 g/mol. The molecule has 1 unspecified atom stereocenters. The maximum atomic E-state index is 11.8. The fraction of sp³-hybridized carbons (Fsp3) is 0.533. The van der Waals surface area contributed by atoms with Crippen LogP contribution >= 0.6 is 0 Å². The number of nitrogens with zero attached hydrogens (tertiary/aromatic N) is 1. The standard InChI is InChI=1S/C15H23N3O3/c1-10(2)6-12(7-14(19)20)8-17-15(21)18-13-5-4-11(3)16-9-13/h4-5,9-10,12H,6-8H2,1-3H3,(H,19,20)(H2,17,18,21). The first-order valence-corrected chi connectivity index (χ1v) is 7.06. The summed E-state index contributed by atoms with van der Waals surface area (Å²) in [6, 6.07) is 3.23. The van der Waals surface area contributed by atoms with Crippen molar-refractivity contribution in [3.8, 4) is 0 Å². The number of carbonyl (C=O) groups excluding carboxylic acids is 1. The molecular weight excluding hydrogens is 270 g/mol. The zero-order chi connectivity index (χ0) is 15.8. The van der Waals surface area contributed by atoms with Crippen LogP contribution in [0.5, 0.6) is 0 Å². The van der Waals surface area contributed by atoms with Crippen molar-refractivity contribution >= 4 is 17.7 Å². The first-order chi connectivity index (χ1) is 9.86. The molecule has 0 bridgehead atoms. The number of pyridine rings is 1. The van der Waals surface area contributed by atoms with Gasteiger partial charge in [-0.15, -0.1) is 0 Å². The summed E-state index contributed by atoms with van der Waals surface area (Å²) in [7, 11) is 0. The van der Waals surface area contributed by atoms with Crippen LogP contribution in [0.4, 0.5) is 10.5 Å². The Balaban J connectivity index is 2.44. The van der Waals surface area contributed by atoms with Crippen LogP contribution < -0.4 is 10.6 Å². The molecule has 1 atom stereocenters. The molecule has 116 valence electrons. The van der Waals surface area contributed by atoms with Gasteiger partial charge in [0.05, 0.1) is 11.9 Å². The molecule has 1 rings (SSSR count). The minimum Gasteiger partial charge on any atom is -0.481 e. The lowest BCUT2D eigenvalue weighted by Gasteiger charge is -2.18. The number of aliphatic carboxylic acids is 1. The van der Waals surface area contributed by atoms with Crippen molar-refractivity contribution in [3.05, 3.63) is 24.0 Å². The van der Waals surface area contributed by atoms with Gasteiger partial charge in [-0.1, -0.05) is 13.8 Å². The first kappa shape index (κ1) is 16.9. The Morgan fingerprint density at radius 3 is 2.57 bits per heavy atom. The Morgan fingerprint density at radius 2 is 2.05 bits per heavy atom. The van der Waals surface area contributed by atoms with Gasteiger partial charge in [-0.2, -0.15) is 0 Å². The van der Waals surface area contributed by atoms with Gasteiger partial charge >= 0.3 is 12.0 Å². The van der Waals surface area contributed by atoms with E-state index in [1.54, 1.807) is 12.3 Å². The van der Waals surface area contributed by atoms with Crippen molar-refractivity contribution in [1.82, 2.24) is 10.3 Å². The van der Waals surface area contributed by atoms with E-state index in [1.807, 2.05) is 26.8 Å². The third-order valence-electron chi connectivity index (χ3n) is 2.99. The van der Waals surface area contributed by atoms with Crippen LogP contribution in [0, 0.1) is 18.8 Å². The highest BCUT2D eigenvalue weighted by Gasteiger charge is 2.16. The predicted molar refractivity (Wildman–Crippen MR) is 81.2 cm³/mol. The molecule has 0 saturated carbocycles. The Morgan fingerprint density at radius 1 is 1.33 bits per heavy atom. The van der Waals surface area contributed by atoms with E-state index in [9.17, 15) is 9.59 Å². The normalized spacial score (nSPS) is 12.0. The van der Waals surface area contributed by atoms with Gasteiger partial charge in [0, 0.05) is 18.7 Å². The van der Waals surface area contributed by atoms with E-state index in [0.717, 1.165) is 12.1 Å². The molecular formula is C15H23N3O3. The van der Waals surface area contributed by atoms with Crippen molar-refractivity contribution in [3.63, 3.8) is 0 Å². The van der Waals surface area contributed by atoms with E-state index in [2.05, 4.69) is 15.6 Å². The van der Waals surface area contributed by atoms with Crippen molar-refractivity contribution in [2.75, 3.05) is 11.9 Å². The summed E-state index contributed by atoms with van der Waals surface area (Å²) < 4.78 is 0. The minimum absolute atomic E-state index is 0.0601. The summed E-state index contributed by atoms with van der Waals surface area (Å²) >= 11 is 0. The van der Waals surface area contributed by atoms with E-state index < -0.39 is 5.97 Å². The lowest BCUT2D eigenvalue weighted by molar-refractivity contribution is -0.138. The van der Waals surface area contributed by atoms with Crippen LogP contribution in [-0.4, -0.2) is 28.6 Å². The molecule has 0 radical (unpaired) electrons. The molecule has 21 heavy (non-hydrogen) atoms. The van der Waals surface area contributed by atoms with E-state index in [1.165, 1.54) is 0 Å². The summed E-state index contributed by atoms with van der Waals surface area (Å²) in [5.41, 5.74) is 1.48. The van der Waals surface area contributed by atoms with Crippen molar-refractivity contribution < 1.29 is 14.7 Å². The Labute approximate surface area is 125 Å². The topological polar surface area (TPSA) is 91.3 Å². The lowest BCUT2D eigenvalue weighted by Crippen LogP contribution is -2.34. The van der Waals surface area contributed by atoms with Gasteiger partial charge < -0.3 is 15.7 Å². The molecule has 2 amide bonds. The second kappa shape index (κ2) is 8.24. The molecule has 0 spiro atoms. The van der Waals surface area contributed by atoms with Gasteiger partial charge in [0.2, 0.25) is 0 Å². The lowest BCUT2D eigenvalue weighted by atomic mass is 9.94. The number of nitrogens with one attached hydrogen (secondary N) is 2. The molecule has 3 N–H and O–H groups in total. The SMILES string of the molecule is Cc1ccc(NC(=O)NCC(CC(=O)O)CC(C)C)cn1. The number of carboxylic acid groups (broad SMARTS) is 1. The van der Waals surface area contributed by atoms with Crippen LogP contribution in [0.3, 0.4) is 0 Å². The summed E-state index contributed by atoms with van der Waals surface area (Å²) in [5.74, 6) is -0.518. The van der Waals surface area contributed by atoms with Crippen LogP contribution in [0.15, 0.2) is 18.3 Å². The number of aryl methyl sites for hydroxylation is 1. The molecule has 0 aromatic carbocycles. The van der Waals surface area contributed by atoms with Crippen LogP contribution in [0.1, 0.15) is 32.4 Å². The van der Waals surface area contributed by atoms with Crippen LogP contribution in [0.2, 0.25) is 0 Å². The number of amides is 2. The predicted octanol–water partition coefficient (Wildman–Crippen LogP) is 2.65. The number of carbonyl (C=O) groups is 2. The first-order valence-electron chi connectivity index (χ1n) is 7.06. The largest absolute Gasteiger partial charge is 0.481 e. The molecule has 0 saturated heterocycles. The Kier molecular flexibility index (Phi) is 6.65. The van der Waals surface area contributed by atoms with Gasteiger partial charge in [0.15, 0.2) is 0 Å². The van der Waals surface area contributed by atoms with Crippen LogP contribution in [0.25, 0.3) is 0 Å². The quantitative estimate of drug-likeness (QED) is 0.720. The van der Waals surface area contributed by atoms with Gasteiger partial charge in [-0.05, 0) is 37.3 Å². The third kappa shape index (κ3) is 7.29. The minimum atomic E-state index is -0.842. The van der Waals surface area contributed by atoms with Gasteiger partial charge in [0.1, 0.15) is 0 Å². The number of hydrogen-bond acceptors (Lipinski definition) is 3. The molecule has 0 aliphatic rings. The average Bonchev–Trinajstić information content (AvgIpc) is 2.37. The number of carboxylic acids is 1. The number of urea groups is 1. The summed E-state index contributed by atoms with van der Waals surface area (Å²) in [6.45, 7) is 6.28. The highest BCUT2D eigenvalue weighted by atomic mass is 16.4. The second-order valence-electron chi connectivity index (χ2n) is 5.62. The Bertz CT molecular complexity index is 472. The number of anilines is 1. The molecule has 0 fully saturated rings. The number of hydrogen-bond donors (Lipinski definition) is 3. The highest BCUT2D eigenvalue weighted by Crippen LogP contribution is 2.14. The van der Waals surface area contributed by atoms with E-state index in [0.29, 0.717) is 18.2 Å². The van der Waals surface area contributed by atoms with E-state index in [-0.39, 0.29) is 18.4 Å². The van der Waals surface area contributed by atoms with E-state index in [4.69, 9.17) is 5.11 Å². The highest BCUT2D eigenvalue weighted by molar-refractivity contribution is 5.89. The Hall–Kier alpha value is -2.11. The molecule has 0 aliphatic carbocycles. The van der Waals surface area contributed by atoms with Gasteiger partial charge in [-0.3, -0.25) is 9.78 Å². The second-order valence-corrected chi connectivity index (χ2v) is 5.62. The number of aromatic nitrogens is 1. The van der Waals surface area contributed by atoms with Crippen LogP contribution in [-0.2, 0) is 4.79 Å².